The molecule has 1 aromatic carbocycles. The van der Waals surface area contributed by atoms with Crippen LogP contribution >= 0.6 is 0 Å². The third-order valence-electron chi connectivity index (χ3n) is 2.99. The maximum absolute atomic E-state index is 12.5. The first-order valence-electron chi connectivity index (χ1n) is 6.00. The summed E-state index contributed by atoms with van der Waals surface area (Å²) in [7, 11) is -2.46. The first-order chi connectivity index (χ1) is 9.45. The molecule has 0 radical (unpaired) electrons. The van der Waals surface area contributed by atoms with Crippen LogP contribution in [0.2, 0.25) is 0 Å². The summed E-state index contributed by atoms with van der Waals surface area (Å²) in [6, 6.07) is 6.03. The average molecular weight is 300 g/mol. The number of benzene rings is 1. The molecule has 0 spiro atoms. The van der Waals surface area contributed by atoms with Crippen LogP contribution in [0.5, 0.6) is 0 Å². The Labute approximate surface area is 117 Å². The zero-order valence-electron chi connectivity index (χ0n) is 11.0. The van der Waals surface area contributed by atoms with Crippen molar-refractivity contribution in [3.05, 3.63) is 24.3 Å². The van der Waals surface area contributed by atoms with Gasteiger partial charge < -0.3 is 15.2 Å². The van der Waals surface area contributed by atoms with E-state index in [1.807, 2.05) is 0 Å². The Balaban J connectivity index is 2.23. The van der Waals surface area contributed by atoms with E-state index in [-0.39, 0.29) is 24.6 Å². The lowest BCUT2D eigenvalue weighted by molar-refractivity contribution is -0.157. The van der Waals surface area contributed by atoms with Gasteiger partial charge in [-0.05, 0) is 18.2 Å². The number of esters is 1. The van der Waals surface area contributed by atoms with Crippen molar-refractivity contribution in [1.82, 2.24) is 4.31 Å². The van der Waals surface area contributed by atoms with Crippen LogP contribution in [0.3, 0.4) is 0 Å². The maximum atomic E-state index is 12.5. The van der Waals surface area contributed by atoms with Gasteiger partial charge in [-0.15, -0.1) is 0 Å². The Bertz CT molecular complexity index is 602. The predicted octanol–water partition coefficient (Wildman–Crippen LogP) is -0.169. The minimum Gasteiger partial charge on any atom is -0.467 e. The van der Waals surface area contributed by atoms with Gasteiger partial charge in [-0.25, -0.2) is 13.2 Å². The van der Waals surface area contributed by atoms with Crippen LogP contribution in [0.25, 0.3) is 0 Å². The Kier molecular flexibility index (Phi) is 4.26. The zero-order valence-corrected chi connectivity index (χ0v) is 11.8. The number of nitrogens with zero attached hydrogens (tertiary/aromatic N) is 1. The number of ether oxygens (including phenoxy) is 2. The third kappa shape index (κ3) is 2.92. The number of sulfonamides is 1. The van der Waals surface area contributed by atoms with Crippen LogP contribution < -0.4 is 5.73 Å². The lowest BCUT2D eigenvalue weighted by Gasteiger charge is -2.30. The van der Waals surface area contributed by atoms with Gasteiger partial charge in [-0.1, -0.05) is 6.07 Å². The van der Waals surface area contributed by atoms with Crippen molar-refractivity contribution in [2.75, 3.05) is 32.5 Å². The number of carbonyl (C=O) groups excluding carboxylic acids is 1. The number of nitrogens with two attached hydrogens (primary N) is 1. The molecule has 0 aliphatic carbocycles. The van der Waals surface area contributed by atoms with E-state index in [4.69, 9.17) is 10.5 Å². The quantitative estimate of drug-likeness (QED) is 0.615. The molecule has 1 saturated heterocycles. The van der Waals surface area contributed by atoms with Gasteiger partial charge in [0.05, 0.1) is 25.2 Å². The molecule has 1 atom stereocenters. The molecule has 0 aromatic heterocycles. The molecule has 8 heteroatoms. The highest BCUT2D eigenvalue weighted by Gasteiger charge is 2.34. The number of anilines is 1. The van der Waals surface area contributed by atoms with E-state index in [9.17, 15) is 13.2 Å². The van der Waals surface area contributed by atoms with Gasteiger partial charge in [-0.3, -0.25) is 0 Å². The lowest BCUT2D eigenvalue weighted by Crippen LogP contribution is -2.48. The largest absolute Gasteiger partial charge is 0.467 e. The molecule has 0 amide bonds. The van der Waals surface area contributed by atoms with E-state index < -0.39 is 22.1 Å². The van der Waals surface area contributed by atoms with Gasteiger partial charge in [0.25, 0.3) is 0 Å². The molecule has 2 N–H and O–H groups in total. The average Bonchev–Trinajstić information content (AvgIpc) is 2.46. The van der Waals surface area contributed by atoms with Crippen molar-refractivity contribution in [3.63, 3.8) is 0 Å². The second-order valence-corrected chi connectivity index (χ2v) is 6.26. The topological polar surface area (TPSA) is 98.9 Å². The molecule has 2 rings (SSSR count). The van der Waals surface area contributed by atoms with Crippen LogP contribution in [0.15, 0.2) is 29.2 Å². The molecule has 110 valence electrons. The highest BCUT2D eigenvalue weighted by Crippen LogP contribution is 2.20. The lowest BCUT2D eigenvalue weighted by atomic mass is 10.3. The number of rotatable bonds is 3. The van der Waals surface area contributed by atoms with Gasteiger partial charge in [0, 0.05) is 12.2 Å². The second kappa shape index (κ2) is 5.78. The molecule has 0 bridgehead atoms. The summed E-state index contributed by atoms with van der Waals surface area (Å²) in [6.45, 7) is 0.260. The van der Waals surface area contributed by atoms with E-state index in [1.54, 1.807) is 12.1 Å². The summed E-state index contributed by atoms with van der Waals surface area (Å²) >= 11 is 0. The predicted molar refractivity (Wildman–Crippen MR) is 71.4 cm³/mol. The number of nitrogen functional groups attached to an aromatic ring is 1. The molecule has 1 heterocycles. The van der Waals surface area contributed by atoms with Crippen LogP contribution in [0.4, 0.5) is 5.69 Å². The Hall–Kier alpha value is -1.64. The summed E-state index contributed by atoms with van der Waals surface area (Å²) in [5.41, 5.74) is 5.96. The second-order valence-electron chi connectivity index (χ2n) is 4.32. The molecule has 1 unspecified atom stereocenters. The number of hydrogen-bond donors (Lipinski definition) is 1. The van der Waals surface area contributed by atoms with Gasteiger partial charge >= 0.3 is 5.97 Å². The van der Waals surface area contributed by atoms with Crippen molar-refractivity contribution in [3.8, 4) is 0 Å². The molecule has 7 nitrogen and oxygen atoms in total. The third-order valence-corrected chi connectivity index (χ3v) is 4.85. The van der Waals surface area contributed by atoms with Crippen molar-refractivity contribution in [2.45, 2.75) is 11.0 Å². The zero-order chi connectivity index (χ0) is 14.8. The van der Waals surface area contributed by atoms with Crippen LogP contribution in [0, 0.1) is 0 Å². The van der Waals surface area contributed by atoms with Crippen LogP contribution in [-0.4, -0.2) is 51.6 Å². The van der Waals surface area contributed by atoms with Crippen LogP contribution in [0.1, 0.15) is 0 Å². The van der Waals surface area contributed by atoms with Crippen molar-refractivity contribution in [1.29, 1.82) is 0 Å². The smallest absolute Gasteiger partial charge is 0.336 e. The summed E-state index contributed by atoms with van der Waals surface area (Å²) in [4.78, 5) is 11.5. The summed E-state index contributed by atoms with van der Waals surface area (Å²) in [6.07, 6.45) is -0.899. The van der Waals surface area contributed by atoms with Crippen molar-refractivity contribution >= 4 is 21.7 Å². The van der Waals surface area contributed by atoms with Gasteiger partial charge in [0.1, 0.15) is 0 Å². The van der Waals surface area contributed by atoms with Crippen LogP contribution in [-0.2, 0) is 24.3 Å². The molecule has 1 aromatic rings. The molecule has 0 saturated carbocycles. The summed E-state index contributed by atoms with van der Waals surface area (Å²) in [5, 5.41) is 0. The van der Waals surface area contributed by atoms with E-state index in [1.165, 1.54) is 23.5 Å². The number of morpholine rings is 1. The minimum absolute atomic E-state index is 0.0657. The monoisotopic (exact) mass is 300 g/mol. The SMILES string of the molecule is COC(=O)C1CN(S(=O)(=O)c2cccc(N)c2)CCO1. The Morgan fingerprint density at radius 2 is 2.25 bits per heavy atom. The Morgan fingerprint density at radius 1 is 1.50 bits per heavy atom. The Morgan fingerprint density at radius 3 is 2.90 bits per heavy atom. The fourth-order valence-corrected chi connectivity index (χ4v) is 3.42. The highest BCUT2D eigenvalue weighted by molar-refractivity contribution is 7.89. The normalized spacial score (nSPS) is 20.6. The van der Waals surface area contributed by atoms with E-state index in [2.05, 4.69) is 4.74 Å². The van der Waals surface area contributed by atoms with Crippen molar-refractivity contribution in [2.24, 2.45) is 0 Å². The molecular weight excluding hydrogens is 284 g/mol. The van der Waals surface area contributed by atoms with Crippen molar-refractivity contribution < 1.29 is 22.7 Å². The van der Waals surface area contributed by atoms with Gasteiger partial charge in [0.2, 0.25) is 10.0 Å². The fourth-order valence-electron chi connectivity index (χ4n) is 1.94. The number of hydrogen-bond acceptors (Lipinski definition) is 6. The molecular formula is C12H16N2O5S. The minimum atomic E-state index is -3.69. The highest BCUT2D eigenvalue weighted by atomic mass is 32.2. The van der Waals surface area contributed by atoms with E-state index >= 15 is 0 Å². The van der Waals surface area contributed by atoms with E-state index in [0.29, 0.717) is 5.69 Å². The number of methoxy groups -OCH3 is 1. The standard InChI is InChI=1S/C12H16N2O5S/c1-18-12(15)11-8-14(5-6-19-11)20(16,17)10-4-2-3-9(13)7-10/h2-4,7,11H,5-6,8,13H2,1H3. The number of carbonyl (C=O) groups is 1. The summed E-state index contributed by atoms with van der Waals surface area (Å²) in [5.74, 6) is -0.586. The molecule has 1 aliphatic heterocycles. The first-order valence-corrected chi connectivity index (χ1v) is 7.44. The van der Waals surface area contributed by atoms with Gasteiger partial charge in [-0.2, -0.15) is 4.31 Å². The fraction of sp³-hybridized carbons (Fsp3) is 0.417. The van der Waals surface area contributed by atoms with Gasteiger partial charge in [0.15, 0.2) is 6.10 Å². The molecule has 1 aliphatic rings. The molecule has 1 fully saturated rings. The summed E-state index contributed by atoms with van der Waals surface area (Å²) < 4.78 is 35.9. The maximum Gasteiger partial charge on any atom is 0.336 e. The first kappa shape index (κ1) is 14.8. The molecule has 20 heavy (non-hydrogen) atoms. The van der Waals surface area contributed by atoms with E-state index in [0.717, 1.165) is 0 Å².